The van der Waals surface area contributed by atoms with Gasteiger partial charge < -0.3 is 24.4 Å². The molecule has 1 fully saturated rings. The van der Waals surface area contributed by atoms with E-state index >= 15 is 0 Å². The molecule has 1 aliphatic heterocycles. The van der Waals surface area contributed by atoms with Gasteiger partial charge in [-0.1, -0.05) is 23.7 Å². The molecule has 0 unspecified atom stereocenters. The second kappa shape index (κ2) is 12.1. The first-order valence-electron chi connectivity index (χ1n) is 10.4. The summed E-state index contributed by atoms with van der Waals surface area (Å²) in [6.45, 7) is 6.11. The van der Waals surface area contributed by atoms with Gasteiger partial charge in [0, 0.05) is 43.8 Å². The topological polar surface area (TPSA) is 46.2 Å². The van der Waals surface area contributed by atoms with Crippen LogP contribution in [0.5, 0.6) is 11.5 Å². The van der Waals surface area contributed by atoms with Crippen molar-refractivity contribution in [2.75, 3.05) is 58.9 Å². The third kappa shape index (κ3) is 7.25. The third-order valence-corrected chi connectivity index (χ3v) is 5.80. The van der Waals surface area contributed by atoms with Gasteiger partial charge in [0.25, 0.3) is 0 Å². The molecule has 1 N–H and O–H groups in total. The number of methoxy groups -OCH3 is 2. The van der Waals surface area contributed by atoms with Gasteiger partial charge in [-0.2, -0.15) is 0 Å². The van der Waals surface area contributed by atoms with Crippen LogP contribution in [0.15, 0.2) is 42.5 Å². The number of hydrogen-bond donors (Lipinski definition) is 1. The summed E-state index contributed by atoms with van der Waals surface area (Å²) < 4.78 is 16.2. The van der Waals surface area contributed by atoms with Gasteiger partial charge in [-0.15, -0.1) is 0 Å². The molecule has 6 nitrogen and oxygen atoms in total. The van der Waals surface area contributed by atoms with Gasteiger partial charge in [-0.25, -0.2) is 0 Å². The number of halogens is 1. The summed E-state index contributed by atoms with van der Waals surface area (Å²) >= 11 is 12.0. The Hall–Kier alpha value is -2.06. The zero-order chi connectivity index (χ0) is 22.1. The highest BCUT2D eigenvalue weighted by molar-refractivity contribution is 7.80. The van der Waals surface area contributed by atoms with Crippen LogP contribution in [0, 0.1) is 0 Å². The standard InChI is InChI=1S/C23H30ClN3O3S/c1-28-20-7-8-21(22(16-20)29-2)25-23(31)27(17-18-5-3-6-19(24)15-18)10-4-9-26-11-13-30-14-12-26/h3,5-8,15-16H,4,9-14,17H2,1-2H3,(H,25,31). The Labute approximate surface area is 195 Å². The minimum Gasteiger partial charge on any atom is -0.497 e. The Balaban J connectivity index is 1.68. The minimum atomic E-state index is 0.644. The highest BCUT2D eigenvalue weighted by Gasteiger charge is 2.15. The molecule has 2 aromatic rings. The van der Waals surface area contributed by atoms with E-state index < -0.39 is 0 Å². The van der Waals surface area contributed by atoms with E-state index in [0.29, 0.717) is 17.4 Å². The van der Waals surface area contributed by atoms with Crippen molar-refractivity contribution in [1.29, 1.82) is 0 Å². The molecule has 0 aromatic heterocycles. The largest absolute Gasteiger partial charge is 0.497 e. The quantitative estimate of drug-likeness (QED) is 0.557. The van der Waals surface area contributed by atoms with Crippen molar-refractivity contribution in [3.8, 4) is 11.5 Å². The number of thiocarbonyl (C=S) groups is 1. The number of rotatable bonds is 9. The Bertz CT molecular complexity index is 862. The van der Waals surface area contributed by atoms with Crippen LogP contribution < -0.4 is 14.8 Å². The van der Waals surface area contributed by atoms with Crippen molar-refractivity contribution >= 4 is 34.6 Å². The van der Waals surface area contributed by atoms with Crippen LogP contribution in [-0.4, -0.2) is 68.5 Å². The van der Waals surface area contributed by atoms with Crippen LogP contribution in [0.1, 0.15) is 12.0 Å². The molecule has 2 aromatic carbocycles. The SMILES string of the molecule is COc1ccc(NC(=S)N(CCCN2CCOCC2)Cc2cccc(Cl)c2)c(OC)c1. The summed E-state index contributed by atoms with van der Waals surface area (Å²) in [5.41, 5.74) is 1.92. The average Bonchev–Trinajstić information content (AvgIpc) is 2.79. The van der Waals surface area contributed by atoms with Crippen molar-refractivity contribution in [3.05, 3.63) is 53.1 Å². The number of morpholine rings is 1. The zero-order valence-electron chi connectivity index (χ0n) is 18.1. The predicted octanol–water partition coefficient (Wildman–Crippen LogP) is 4.28. The van der Waals surface area contributed by atoms with E-state index in [9.17, 15) is 0 Å². The second-order valence-electron chi connectivity index (χ2n) is 7.36. The molecule has 1 aliphatic rings. The van der Waals surface area contributed by atoms with Gasteiger partial charge in [0.1, 0.15) is 11.5 Å². The third-order valence-electron chi connectivity index (χ3n) is 5.21. The van der Waals surface area contributed by atoms with E-state index in [1.165, 1.54) is 0 Å². The van der Waals surface area contributed by atoms with Crippen molar-refractivity contribution < 1.29 is 14.2 Å². The maximum atomic E-state index is 6.20. The Morgan fingerprint density at radius 3 is 2.68 bits per heavy atom. The molecule has 3 rings (SSSR count). The molecular formula is C23H30ClN3O3S. The molecule has 0 bridgehead atoms. The Morgan fingerprint density at radius 1 is 1.16 bits per heavy atom. The molecule has 1 heterocycles. The number of nitrogens with one attached hydrogen (secondary N) is 1. The van der Waals surface area contributed by atoms with Crippen LogP contribution in [-0.2, 0) is 11.3 Å². The van der Waals surface area contributed by atoms with E-state index in [2.05, 4.69) is 21.2 Å². The zero-order valence-corrected chi connectivity index (χ0v) is 19.7. The Kier molecular flexibility index (Phi) is 9.21. The van der Waals surface area contributed by atoms with Gasteiger partial charge in [-0.05, 0) is 48.5 Å². The lowest BCUT2D eigenvalue weighted by Crippen LogP contribution is -2.40. The summed E-state index contributed by atoms with van der Waals surface area (Å²) in [4.78, 5) is 4.61. The molecular weight excluding hydrogens is 434 g/mol. The lowest BCUT2D eigenvalue weighted by atomic mass is 10.2. The first-order chi connectivity index (χ1) is 15.1. The van der Waals surface area contributed by atoms with Gasteiger partial charge in [0.15, 0.2) is 5.11 Å². The molecule has 0 saturated carbocycles. The highest BCUT2D eigenvalue weighted by Crippen LogP contribution is 2.29. The van der Waals surface area contributed by atoms with E-state index in [4.69, 9.17) is 38.0 Å². The van der Waals surface area contributed by atoms with Crippen LogP contribution in [0.4, 0.5) is 5.69 Å². The highest BCUT2D eigenvalue weighted by atomic mass is 35.5. The van der Waals surface area contributed by atoms with Crippen LogP contribution in [0.2, 0.25) is 5.02 Å². The first kappa shape index (κ1) is 23.6. The molecule has 8 heteroatoms. The molecule has 0 amide bonds. The number of anilines is 1. The maximum absolute atomic E-state index is 6.20. The fourth-order valence-electron chi connectivity index (χ4n) is 3.51. The summed E-state index contributed by atoms with van der Waals surface area (Å²) in [7, 11) is 3.27. The fourth-order valence-corrected chi connectivity index (χ4v) is 3.99. The molecule has 31 heavy (non-hydrogen) atoms. The Morgan fingerprint density at radius 2 is 1.97 bits per heavy atom. The summed E-state index contributed by atoms with van der Waals surface area (Å²) in [5, 5.41) is 4.71. The normalized spacial score (nSPS) is 14.2. The summed E-state index contributed by atoms with van der Waals surface area (Å²) in [6, 6.07) is 13.5. The number of benzene rings is 2. The van der Waals surface area contributed by atoms with Crippen LogP contribution in [0.3, 0.4) is 0 Å². The number of hydrogen-bond acceptors (Lipinski definition) is 5. The average molecular weight is 464 g/mol. The molecule has 0 spiro atoms. The monoisotopic (exact) mass is 463 g/mol. The van der Waals surface area contributed by atoms with E-state index in [1.54, 1.807) is 14.2 Å². The van der Waals surface area contributed by atoms with Gasteiger partial charge >= 0.3 is 0 Å². The lowest BCUT2D eigenvalue weighted by molar-refractivity contribution is 0.0368. The molecule has 0 aliphatic carbocycles. The van der Waals surface area contributed by atoms with E-state index in [1.807, 2.05) is 36.4 Å². The van der Waals surface area contributed by atoms with Crippen LogP contribution >= 0.6 is 23.8 Å². The maximum Gasteiger partial charge on any atom is 0.173 e. The lowest BCUT2D eigenvalue weighted by Gasteiger charge is -2.30. The predicted molar refractivity (Wildman–Crippen MR) is 130 cm³/mol. The summed E-state index contributed by atoms with van der Waals surface area (Å²) in [6.07, 6.45) is 1.00. The molecule has 1 saturated heterocycles. The van der Waals surface area contributed by atoms with E-state index in [-0.39, 0.29) is 0 Å². The van der Waals surface area contributed by atoms with Crippen molar-refractivity contribution in [3.63, 3.8) is 0 Å². The van der Waals surface area contributed by atoms with Gasteiger partial charge in [0.2, 0.25) is 0 Å². The van der Waals surface area contributed by atoms with Crippen LogP contribution in [0.25, 0.3) is 0 Å². The number of ether oxygens (including phenoxy) is 3. The van der Waals surface area contributed by atoms with E-state index in [0.717, 1.165) is 67.8 Å². The number of nitrogens with zero attached hydrogens (tertiary/aromatic N) is 2. The first-order valence-corrected chi connectivity index (χ1v) is 11.2. The summed E-state index contributed by atoms with van der Waals surface area (Å²) in [5.74, 6) is 1.41. The van der Waals surface area contributed by atoms with Crippen molar-refractivity contribution in [1.82, 2.24) is 9.80 Å². The molecule has 0 atom stereocenters. The molecule has 168 valence electrons. The fraction of sp³-hybridized carbons (Fsp3) is 0.435. The van der Waals surface area contributed by atoms with Gasteiger partial charge in [-0.3, -0.25) is 4.90 Å². The van der Waals surface area contributed by atoms with Crippen molar-refractivity contribution in [2.45, 2.75) is 13.0 Å². The second-order valence-corrected chi connectivity index (χ2v) is 8.18. The molecule has 0 radical (unpaired) electrons. The van der Waals surface area contributed by atoms with Crippen molar-refractivity contribution in [2.24, 2.45) is 0 Å². The minimum absolute atomic E-state index is 0.644. The van der Waals surface area contributed by atoms with Gasteiger partial charge in [0.05, 0.1) is 33.1 Å². The smallest absolute Gasteiger partial charge is 0.173 e.